The van der Waals surface area contributed by atoms with E-state index in [9.17, 15) is 9.59 Å². The highest BCUT2D eigenvalue weighted by molar-refractivity contribution is 5.90. The average Bonchev–Trinajstić information content (AvgIpc) is 3.06. The van der Waals surface area contributed by atoms with Crippen molar-refractivity contribution in [2.75, 3.05) is 7.11 Å². The molecule has 0 heterocycles. The SMILES string of the molecule is COc1ccccc1/C=C/C(=O)O[C@@H](C)C(=O)NC1CCCC1. The zero-order valence-electron chi connectivity index (χ0n) is 13.6. The summed E-state index contributed by atoms with van der Waals surface area (Å²) < 4.78 is 10.3. The van der Waals surface area contributed by atoms with Crippen molar-refractivity contribution in [2.24, 2.45) is 0 Å². The number of para-hydroxylation sites is 1. The third-order valence-corrected chi connectivity index (χ3v) is 3.90. The minimum absolute atomic E-state index is 0.216. The molecule has 0 radical (unpaired) electrons. The maximum Gasteiger partial charge on any atom is 0.331 e. The Bertz CT molecular complexity index is 576. The number of ether oxygens (including phenoxy) is 2. The molecule has 1 atom stereocenters. The highest BCUT2D eigenvalue weighted by Crippen LogP contribution is 2.19. The molecular weight excluding hydrogens is 294 g/mol. The molecule has 1 aliphatic rings. The molecule has 1 fully saturated rings. The number of hydrogen-bond donors (Lipinski definition) is 1. The van der Waals surface area contributed by atoms with Crippen LogP contribution in [0.4, 0.5) is 0 Å². The topological polar surface area (TPSA) is 64.6 Å². The Morgan fingerprint density at radius 3 is 2.65 bits per heavy atom. The fourth-order valence-electron chi connectivity index (χ4n) is 2.62. The number of rotatable bonds is 6. The lowest BCUT2D eigenvalue weighted by Gasteiger charge is -2.16. The summed E-state index contributed by atoms with van der Waals surface area (Å²) in [5, 5.41) is 2.92. The van der Waals surface area contributed by atoms with Crippen LogP contribution in [0.1, 0.15) is 38.2 Å². The minimum Gasteiger partial charge on any atom is -0.496 e. The van der Waals surface area contributed by atoms with Gasteiger partial charge in [-0.15, -0.1) is 0 Å². The van der Waals surface area contributed by atoms with E-state index < -0.39 is 12.1 Å². The van der Waals surface area contributed by atoms with Crippen LogP contribution in [0.25, 0.3) is 6.08 Å². The zero-order valence-corrected chi connectivity index (χ0v) is 13.6. The average molecular weight is 317 g/mol. The van der Waals surface area contributed by atoms with Gasteiger partial charge in [-0.3, -0.25) is 4.79 Å². The molecule has 5 heteroatoms. The fourth-order valence-corrected chi connectivity index (χ4v) is 2.62. The molecule has 1 amide bonds. The van der Waals surface area contributed by atoms with Gasteiger partial charge >= 0.3 is 5.97 Å². The Balaban J connectivity index is 1.85. The number of methoxy groups -OCH3 is 1. The Labute approximate surface area is 136 Å². The first-order chi connectivity index (χ1) is 11.1. The van der Waals surface area contributed by atoms with E-state index in [2.05, 4.69) is 5.32 Å². The van der Waals surface area contributed by atoms with Crippen molar-refractivity contribution in [3.8, 4) is 5.75 Å². The summed E-state index contributed by atoms with van der Waals surface area (Å²) in [4.78, 5) is 23.8. The third-order valence-electron chi connectivity index (χ3n) is 3.90. The van der Waals surface area contributed by atoms with Crippen LogP contribution in [0, 0.1) is 0 Å². The standard InChI is InChI=1S/C18H23NO4/c1-13(18(21)19-15-8-4-5-9-15)23-17(20)12-11-14-7-3-6-10-16(14)22-2/h3,6-7,10-13,15H,4-5,8-9H2,1-2H3,(H,19,21)/b12-11+/t13-/m0/s1. The van der Waals surface area contributed by atoms with Gasteiger partial charge in [-0.1, -0.05) is 31.0 Å². The number of benzene rings is 1. The molecular formula is C18H23NO4. The molecule has 2 rings (SSSR count). The summed E-state index contributed by atoms with van der Waals surface area (Å²) >= 11 is 0. The molecule has 0 unspecified atom stereocenters. The first kappa shape index (κ1) is 17.1. The molecule has 23 heavy (non-hydrogen) atoms. The number of amides is 1. The second-order valence-corrected chi connectivity index (χ2v) is 5.64. The van der Waals surface area contributed by atoms with Gasteiger partial charge in [0.1, 0.15) is 5.75 Å². The highest BCUT2D eigenvalue weighted by Gasteiger charge is 2.22. The molecule has 1 N–H and O–H groups in total. The van der Waals surface area contributed by atoms with Crippen LogP contribution in [-0.2, 0) is 14.3 Å². The van der Waals surface area contributed by atoms with Gasteiger partial charge in [0.25, 0.3) is 5.91 Å². The summed E-state index contributed by atoms with van der Waals surface area (Å²) in [5.74, 6) is -0.121. The fraction of sp³-hybridized carbons (Fsp3) is 0.444. The molecule has 0 saturated heterocycles. The Morgan fingerprint density at radius 2 is 1.96 bits per heavy atom. The van der Waals surface area contributed by atoms with Crippen LogP contribution in [0.5, 0.6) is 5.75 Å². The predicted octanol–water partition coefficient (Wildman–Crippen LogP) is 2.70. The van der Waals surface area contributed by atoms with Crippen LogP contribution in [0.2, 0.25) is 0 Å². The normalized spacial score (nSPS) is 16.3. The Kier molecular flexibility index (Phi) is 6.20. The lowest BCUT2D eigenvalue weighted by Crippen LogP contribution is -2.40. The first-order valence-electron chi connectivity index (χ1n) is 7.92. The molecule has 0 aromatic heterocycles. The lowest BCUT2D eigenvalue weighted by atomic mass is 10.2. The molecule has 1 aliphatic carbocycles. The van der Waals surface area contributed by atoms with Gasteiger partial charge in [0.05, 0.1) is 7.11 Å². The van der Waals surface area contributed by atoms with E-state index in [1.165, 1.54) is 6.08 Å². The van der Waals surface area contributed by atoms with E-state index in [0.717, 1.165) is 31.2 Å². The molecule has 0 aliphatic heterocycles. The van der Waals surface area contributed by atoms with E-state index in [4.69, 9.17) is 9.47 Å². The summed E-state index contributed by atoms with van der Waals surface area (Å²) in [6, 6.07) is 7.56. The van der Waals surface area contributed by atoms with Gasteiger partial charge < -0.3 is 14.8 Å². The van der Waals surface area contributed by atoms with Crippen LogP contribution >= 0.6 is 0 Å². The molecule has 1 saturated carbocycles. The number of carbonyl (C=O) groups excluding carboxylic acids is 2. The maximum absolute atomic E-state index is 12.0. The predicted molar refractivity (Wildman–Crippen MR) is 88.0 cm³/mol. The largest absolute Gasteiger partial charge is 0.496 e. The number of esters is 1. The van der Waals surface area contributed by atoms with Gasteiger partial charge in [0, 0.05) is 17.7 Å². The quantitative estimate of drug-likeness (QED) is 0.647. The summed E-state index contributed by atoms with van der Waals surface area (Å²) in [6.45, 7) is 1.58. The lowest BCUT2D eigenvalue weighted by molar-refractivity contribution is -0.150. The third kappa shape index (κ3) is 5.13. The Hall–Kier alpha value is -2.30. The van der Waals surface area contributed by atoms with Crippen molar-refractivity contribution in [2.45, 2.75) is 44.8 Å². The van der Waals surface area contributed by atoms with E-state index in [-0.39, 0.29) is 11.9 Å². The van der Waals surface area contributed by atoms with Crippen LogP contribution in [-0.4, -0.2) is 31.1 Å². The maximum atomic E-state index is 12.0. The number of nitrogens with one attached hydrogen (secondary N) is 1. The van der Waals surface area contributed by atoms with E-state index in [1.807, 2.05) is 24.3 Å². The van der Waals surface area contributed by atoms with Crippen molar-refractivity contribution >= 4 is 18.0 Å². The van der Waals surface area contributed by atoms with Crippen LogP contribution in [0.3, 0.4) is 0 Å². The van der Waals surface area contributed by atoms with Crippen molar-refractivity contribution in [3.63, 3.8) is 0 Å². The summed E-state index contributed by atoms with van der Waals surface area (Å²) in [6.07, 6.45) is 6.40. The van der Waals surface area contributed by atoms with Crippen molar-refractivity contribution in [3.05, 3.63) is 35.9 Å². The van der Waals surface area contributed by atoms with Gasteiger partial charge in [-0.2, -0.15) is 0 Å². The zero-order chi connectivity index (χ0) is 16.7. The minimum atomic E-state index is -0.801. The van der Waals surface area contributed by atoms with Crippen molar-refractivity contribution in [1.82, 2.24) is 5.32 Å². The first-order valence-corrected chi connectivity index (χ1v) is 7.92. The molecule has 1 aromatic rings. The van der Waals surface area contributed by atoms with E-state index >= 15 is 0 Å². The van der Waals surface area contributed by atoms with E-state index in [1.54, 1.807) is 20.1 Å². The second kappa shape index (κ2) is 8.36. The summed E-state index contributed by atoms with van der Waals surface area (Å²) in [7, 11) is 1.57. The highest BCUT2D eigenvalue weighted by atomic mass is 16.5. The summed E-state index contributed by atoms with van der Waals surface area (Å²) in [5.41, 5.74) is 0.773. The van der Waals surface area contributed by atoms with Crippen molar-refractivity contribution < 1.29 is 19.1 Å². The smallest absolute Gasteiger partial charge is 0.331 e. The second-order valence-electron chi connectivity index (χ2n) is 5.64. The number of carbonyl (C=O) groups is 2. The Morgan fingerprint density at radius 1 is 1.26 bits per heavy atom. The van der Waals surface area contributed by atoms with E-state index in [0.29, 0.717) is 5.75 Å². The van der Waals surface area contributed by atoms with Crippen LogP contribution < -0.4 is 10.1 Å². The number of hydrogen-bond acceptors (Lipinski definition) is 4. The van der Waals surface area contributed by atoms with Gasteiger partial charge in [-0.25, -0.2) is 4.79 Å². The monoisotopic (exact) mass is 317 g/mol. The molecule has 0 spiro atoms. The molecule has 124 valence electrons. The van der Waals surface area contributed by atoms with Gasteiger partial charge in [-0.05, 0) is 31.9 Å². The van der Waals surface area contributed by atoms with Crippen molar-refractivity contribution in [1.29, 1.82) is 0 Å². The molecule has 5 nitrogen and oxygen atoms in total. The van der Waals surface area contributed by atoms with Crippen LogP contribution in [0.15, 0.2) is 30.3 Å². The van der Waals surface area contributed by atoms with Gasteiger partial charge in [0.2, 0.25) is 0 Å². The molecule has 1 aromatic carbocycles. The van der Waals surface area contributed by atoms with Gasteiger partial charge in [0.15, 0.2) is 6.10 Å². The molecule has 0 bridgehead atoms.